The van der Waals surface area contributed by atoms with Crippen LogP contribution in [0.2, 0.25) is 0 Å². The summed E-state index contributed by atoms with van der Waals surface area (Å²) in [5.74, 6) is 1.07. The molecule has 0 unspecified atom stereocenters. The molecule has 0 saturated heterocycles. The number of carbonyl (C=O) groups is 2. The van der Waals surface area contributed by atoms with E-state index >= 15 is 0 Å². The first-order valence-corrected chi connectivity index (χ1v) is 9.78. The number of nitrogens with one attached hydrogen (secondary N) is 2. The molecule has 4 heteroatoms. The highest BCUT2D eigenvalue weighted by Gasteiger charge is 2.25. The molecule has 0 aliphatic heterocycles. The Labute approximate surface area is 151 Å². The number of hydrogen-bond acceptors (Lipinski definition) is 2. The zero-order valence-electron chi connectivity index (χ0n) is 15.6. The minimum absolute atomic E-state index is 0.0684. The molecule has 4 nitrogen and oxygen atoms in total. The van der Waals surface area contributed by atoms with Crippen LogP contribution in [-0.2, 0) is 11.3 Å². The third-order valence-electron chi connectivity index (χ3n) is 5.18. The first-order valence-electron chi connectivity index (χ1n) is 9.78. The molecule has 2 amide bonds. The van der Waals surface area contributed by atoms with E-state index in [2.05, 4.69) is 17.6 Å². The van der Waals surface area contributed by atoms with E-state index < -0.39 is 0 Å². The molecule has 1 aromatic carbocycles. The summed E-state index contributed by atoms with van der Waals surface area (Å²) < 4.78 is 0. The standard InChI is InChI=1S/C21H32N2O2/c1-3-5-7-16-10-12-18(13-11-16)20(24)23-15-17-8-6-9-19(14-17)21(25)22-4-2/h6,8-9,14,16,18H,3-5,7,10-13,15H2,1-2H3,(H,22,25)(H,23,24). The molecule has 0 spiro atoms. The number of benzene rings is 1. The van der Waals surface area contributed by atoms with E-state index in [0.29, 0.717) is 18.7 Å². The lowest BCUT2D eigenvalue weighted by Crippen LogP contribution is -2.33. The van der Waals surface area contributed by atoms with Gasteiger partial charge in [0.1, 0.15) is 0 Å². The van der Waals surface area contributed by atoms with E-state index in [1.165, 1.54) is 32.1 Å². The second kappa shape index (κ2) is 10.2. The predicted octanol–water partition coefficient (Wildman–Crippen LogP) is 4.05. The van der Waals surface area contributed by atoms with Crippen molar-refractivity contribution in [2.45, 2.75) is 65.3 Å². The monoisotopic (exact) mass is 344 g/mol. The summed E-state index contributed by atoms with van der Waals surface area (Å²) in [6, 6.07) is 7.47. The molecule has 25 heavy (non-hydrogen) atoms. The fraction of sp³-hybridized carbons (Fsp3) is 0.619. The average Bonchev–Trinajstić information content (AvgIpc) is 2.65. The molecule has 0 atom stereocenters. The Kier molecular flexibility index (Phi) is 7.96. The zero-order chi connectivity index (χ0) is 18.1. The molecular weight excluding hydrogens is 312 g/mol. The van der Waals surface area contributed by atoms with Crippen molar-refractivity contribution in [3.8, 4) is 0 Å². The second-order valence-electron chi connectivity index (χ2n) is 7.14. The third kappa shape index (κ3) is 6.18. The van der Waals surface area contributed by atoms with Gasteiger partial charge in [-0.05, 0) is 56.2 Å². The number of amides is 2. The van der Waals surface area contributed by atoms with Crippen molar-refractivity contribution < 1.29 is 9.59 Å². The molecule has 2 N–H and O–H groups in total. The van der Waals surface area contributed by atoms with Crippen LogP contribution in [-0.4, -0.2) is 18.4 Å². The van der Waals surface area contributed by atoms with Crippen LogP contribution >= 0.6 is 0 Å². The Balaban J connectivity index is 1.79. The normalized spacial score (nSPS) is 20.1. The molecule has 1 aliphatic carbocycles. The molecule has 2 rings (SSSR count). The van der Waals surface area contributed by atoms with Crippen molar-refractivity contribution >= 4 is 11.8 Å². The van der Waals surface area contributed by atoms with Crippen molar-refractivity contribution in [1.82, 2.24) is 10.6 Å². The maximum absolute atomic E-state index is 12.4. The van der Waals surface area contributed by atoms with Gasteiger partial charge in [-0.25, -0.2) is 0 Å². The maximum atomic E-state index is 12.4. The molecule has 0 bridgehead atoms. The van der Waals surface area contributed by atoms with Gasteiger partial charge < -0.3 is 10.6 Å². The SMILES string of the molecule is CCCCC1CCC(C(=O)NCc2cccc(C(=O)NCC)c2)CC1. The van der Waals surface area contributed by atoms with E-state index in [9.17, 15) is 9.59 Å². The van der Waals surface area contributed by atoms with Gasteiger partial charge in [-0.15, -0.1) is 0 Å². The van der Waals surface area contributed by atoms with Crippen LogP contribution in [0.4, 0.5) is 0 Å². The summed E-state index contributed by atoms with van der Waals surface area (Å²) in [4.78, 5) is 24.3. The number of hydrogen-bond donors (Lipinski definition) is 2. The van der Waals surface area contributed by atoms with Gasteiger partial charge in [0.2, 0.25) is 5.91 Å². The highest BCUT2D eigenvalue weighted by molar-refractivity contribution is 5.94. The molecule has 138 valence electrons. The van der Waals surface area contributed by atoms with E-state index in [4.69, 9.17) is 0 Å². The molecule has 1 saturated carbocycles. The fourth-order valence-electron chi connectivity index (χ4n) is 3.62. The van der Waals surface area contributed by atoms with Crippen molar-refractivity contribution in [1.29, 1.82) is 0 Å². The first-order chi connectivity index (χ1) is 12.1. The maximum Gasteiger partial charge on any atom is 0.251 e. The summed E-state index contributed by atoms with van der Waals surface area (Å²) in [6.45, 7) is 5.24. The second-order valence-corrected chi connectivity index (χ2v) is 7.14. The van der Waals surface area contributed by atoms with Gasteiger partial charge in [-0.1, -0.05) is 38.3 Å². The molecule has 1 aromatic rings. The van der Waals surface area contributed by atoms with Gasteiger partial charge in [0.05, 0.1) is 0 Å². The molecule has 0 heterocycles. The van der Waals surface area contributed by atoms with Crippen molar-refractivity contribution in [2.75, 3.05) is 6.54 Å². The van der Waals surface area contributed by atoms with Crippen molar-refractivity contribution in [2.24, 2.45) is 11.8 Å². The van der Waals surface area contributed by atoms with E-state index in [-0.39, 0.29) is 17.7 Å². The van der Waals surface area contributed by atoms with Crippen molar-refractivity contribution in [3.05, 3.63) is 35.4 Å². The van der Waals surface area contributed by atoms with Crippen LogP contribution in [0.15, 0.2) is 24.3 Å². The number of carbonyl (C=O) groups excluding carboxylic acids is 2. The van der Waals surface area contributed by atoms with Crippen LogP contribution in [0.1, 0.15) is 74.7 Å². The molecular formula is C21H32N2O2. The van der Waals surface area contributed by atoms with Gasteiger partial charge in [-0.3, -0.25) is 9.59 Å². The predicted molar refractivity (Wildman–Crippen MR) is 101 cm³/mol. The minimum atomic E-state index is -0.0684. The quantitative estimate of drug-likeness (QED) is 0.747. The Morgan fingerprint density at radius 1 is 1.08 bits per heavy atom. The van der Waals surface area contributed by atoms with Gasteiger partial charge in [0.15, 0.2) is 0 Å². The topological polar surface area (TPSA) is 58.2 Å². The molecule has 0 aromatic heterocycles. The largest absolute Gasteiger partial charge is 0.352 e. The number of rotatable bonds is 8. The van der Waals surface area contributed by atoms with Gasteiger partial charge in [0, 0.05) is 24.6 Å². The van der Waals surface area contributed by atoms with Crippen LogP contribution in [0.5, 0.6) is 0 Å². The van der Waals surface area contributed by atoms with E-state index in [1.54, 1.807) is 6.07 Å². The van der Waals surface area contributed by atoms with Crippen LogP contribution < -0.4 is 10.6 Å². The highest BCUT2D eigenvalue weighted by Crippen LogP contribution is 2.32. The van der Waals surface area contributed by atoms with Gasteiger partial charge in [0.25, 0.3) is 5.91 Å². The summed E-state index contributed by atoms with van der Waals surface area (Å²) >= 11 is 0. The van der Waals surface area contributed by atoms with Crippen molar-refractivity contribution in [3.63, 3.8) is 0 Å². The smallest absolute Gasteiger partial charge is 0.251 e. The van der Waals surface area contributed by atoms with Gasteiger partial charge in [-0.2, -0.15) is 0 Å². The van der Waals surface area contributed by atoms with Crippen LogP contribution in [0.3, 0.4) is 0 Å². The zero-order valence-corrected chi connectivity index (χ0v) is 15.6. The minimum Gasteiger partial charge on any atom is -0.352 e. The summed E-state index contributed by atoms with van der Waals surface area (Å²) in [5.41, 5.74) is 1.61. The first kappa shape index (κ1) is 19.5. The summed E-state index contributed by atoms with van der Waals surface area (Å²) in [7, 11) is 0. The number of unbranched alkanes of at least 4 members (excludes halogenated alkanes) is 1. The van der Waals surface area contributed by atoms with E-state index in [0.717, 1.165) is 24.3 Å². The average molecular weight is 344 g/mol. The molecule has 1 fully saturated rings. The Bertz CT molecular complexity index is 563. The Morgan fingerprint density at radius 2 is 1.84 bits per heavy atom. The van der Waals surface area contributed by atoms with Crippen LogP contribution in [0, 0.1) is 11.8 Å². The molecule has 1 aliphatic rings. The highest BCUT2D eigenvalue weighted by atomic mass is 16.2. The van der Waals surface area contributed by atoms with E-state index in [1.807, 2.05) is 25.1 Å². The lowest BCUT2D eigenvalue weighted by atomic mass is 9.79. The Morgan fingerprint density at radius 3 is 2.52 bits per heavy atom. The lowest BCUT2D eigenvalue weighted by molar-refractivity contribution is -0.126. The molecule has 0 radical (unpaired) electrons. The third-order valence-corrected chi connectivity index (χ3v) is 5.18. The van der Waals surface area contributed by atoms with Crippen LogP contribution in [0.25, 0.3) is 0 Å². The van der Waals surface area contributed by atoms with Gasteiger partial charge >= 0.3 is 0 Å². The summed E-state index contributed by atoms with van der Waals surface area (Å²) in [6.07, 6.45) is 8.28. The Hall–Kier alpha value is -1.84. The summed E-state index contributed by atoms with van der Waals surface area (Å²) in [5, 5.41) is 5.85. The fourth-order valence-corrected chi connectivity index (χ4v) is 3.62. The lowest BCUT2D eigenvalue weighted by Gasteiger charge is -2.27.